The van der Waals surface area contributed by atoms with Crippen LogP contribution in [0.4, 0.5) is 0 Å². The normalized spacial score (nSPS) is 19.2. The van der Waals surface area contributed by atoms with Gasteiger partial charge in [-0.1, -0.05) is 296 Å². The molecule has 0 bridgehead atoms. The maximum Gasteiger partial charge on any atom is 0.397 e. The van der Waals surface area contributed by atoms with E-state index in [-0.39, 0.29) is 18.9 Å². The summed E-state index contributed by atoms with van der Waals surface area (Å²) in [6.45, 7) is 3.45. The predicted octanol–water partition coefficient (Wildman–Crippen LogP) is 15.0. The highest BCUT2D eigenvalue weighted by molar-refractivity contribution is 7.80. The average molecular weight is 1060 g/mol. The van der Waals surface area contributed by atoms with Crippen molar-refractivity contribution >= 4 is 16.3 Å². The largest absolute Gasteiger partial charge is 0.397 e. The van der Waals surface area contributed by atoms with Crippen molar-refractivity contribution in [1.82, 2.24) is 5.32 Å². The number of allylic oxidation sites excluding steroid dienone is 1. The second-order valence-corrected chi connectivity index (χ2v) is 23.1. The number of carbonyl (C=O) groups is 1. The second kappa shape index (κ2) is 50.4. The minimum absolute atomic E-state index is 0.254. The summed E-state index contributed by atoms with van der Waals surface area (Å²) in [6, 6.07) is -0.941. The molecular formula is C60H117NO11S. The van der Waals surface area contributed by atoms with E-state index in [1.165, 1.54) is 244 Å². The highest BCUT2D eigenvalue weighted by atomic mass is 32.3. The number of unbranched alkanes of at least 4 members (excludes halogenated alkanes) is 43. The molecule has 0 spiro atoms. The Bertz CT molecular complexity index is 1340. The molecule has 1 amide bonds. The van der Waals surface area contributed by atoms with Gasteiger partial charge >= 0.3 is 10.4 Å². The zero-order valence-corrected chi connectivity index (χ0v) is 48.0. The molecule has 13 heteroatoms. The van der Waals surface area contributed by atoms with Gasteiger partial charge in [-0.25, -0.2) is 4.18 Å². The van der Waals surface area contributed by atoms with Crippen molar-refractivity contribution in [2.24, 2.45) is 0 Å². The first kappa shape index (κ1) is 69.9. The molecule has 1 heterocycles. The van der Waals surface area contributed by atoms with Crippen LogP contribution >= 0.6 is 0 Å². The Labute approximate surface area is 449 Å². The van der Waals surface area contributed by atoms with Crippen molar-refractivity contribution in [1.29, 1.82) is 0 Å². The molecule has 0 aromatic carbocycles. The van der Waals surface area contributed by atoms with Crippen molar-refractivity contribution in [2.45, 2.75) is 352 Å². The van der Waals surface area contributed by atoms with Gasteiger partial charge in [0.25, 0.3) is 0 Å². The van der Waals surface area contributed by atoms with Crippen LogP contribution in [0.1, 0.15) is 309 Å². The zero-order valence-electron chi connectivity index (χ0n) is 47.2. The van der Waals surface area contributed by atoms with Crippen LogP contribution in [0.15, 0.2) is 12.2 Å². The topological polar surface area (TPSA) is 192 Å². The fraction of sp³-hybridized carbons (Fsp3) is 0.950. The monoisotopic (exact) mass is 1060 g/mol. The van der Waals surface area contributed by atoms with Crippen molar-refractivity contribution < 1.29 is 51.8 Å². The van der Waals surface area contributed by atoms with E-state index >= 15 is 0 Å². The summed E-state index contributed by atoms with van der Waals surface area (Å²) in [6.07, 6.45) is 52.6. The van der Waals surface area contributed by atoms with E-state index in [9.17, 15) is 38.2 Å². The Morgan fingerprint density at radius 2 is 0.863 bits per heavy atom. The fourth-order valence-corrected chi connectivity index (χ4v) is 10.8. The van der Waals surface area contributed by atoms with E-state index in [0.29, 0.717) is 6.42 Å². The lowest BCUT2D eigenvalue weighted by Gasteiger charge is -2.41. The molecule has 1 fully saturated rings. The van der Waals surface area contributed by atoms with Gasteiger partial charge in [-0.15, -0.1) is 0 Å². The van der Waals surface area contributed by atoms with Gasteiger partial charge in [0, 0.05) is 6.42 Å². The summed E-state index contributed by atoms with van der Waals surface area (Å²) < 4.78 is 47.9. The molecular weight excluding hydrogens is 943 g/mol. The number of hydrogen-bond acceptors (Lipinski definition) is 10. The molecule has 1 saturated heterocycles. The number of hydrogen-bond donors (Lipinski definition) is 6. The molecule has 1 aliphatic rings. The number of rotatable bonds is 55. The summed E-state index contributed by atoms with van der Waals surface area (Å²) in [5.74, 6) is -0.254. The van der Waals surface area contributed by atoms with Gasteiger partial charge < -0.3 is 35.2 Å². The first-order valence-electron chi connectivity index (χ1n) is 31.1. The summed E-state index contributed by atoms with van der Waals surface area (Å²) in [7, 11) is -5.09. The van der Waals surface area contributed by atoms with Crippen LogP contribution in [0, 0.1) is 0 Å². The lowest BCUT2D eigenvalue weighted by Crippen LogP contribution is -2.61. The zero-order chi connectivity index (χ0) is 53.3. The molecule has 1 aliphatic heterocycles. The SMILES string of the molecule is CCCCCCCCCCCCCCCCCCCCC/C=C/C(O)C(COC1OC(CO)C(O)C(OS(=O)(=O)O)C1O)NC(=O)CCCCCCCCCCCCCCCCCCCCCCCCCCC. The highest BCUT2D eigenvalue weighted by Crippen LogP contribution is 2.26. The van der Waals surface area contributed by atoms with Crippen LogP contribution in [-0.4, -0.2) is 95.4 Å². The molecule has 434 valence electrons. The molecule has 0 aliphatic carbocycles. The van der Waals surface area contributed by atoms with Crippen molar-refractivity contribution in [3.05, 3.63) is 12.2 Å². The lowest BCUT2D eigenvalue weighted by molar-refractivity contribution is -0.298. The Balaban J connectivity index is 2.32. The van der Waals surface area contributed by atoms with Gasteiger partial charge in [-0.05, 0) is 19.3 Å². The molecule has 12 nitrogen and oxygen atoms in total. The van der Waals surface area contributed by atoms with Crippen molar-refractivity contribution in [3.63, 3.8) is 0 Å². The van der Waals surface area contributed by atoms with E-state index in [4.69, 9.17) is 9.47 Å². The molecule has 0 saturated carbocycles. The van der Waals surface area contributed by atoms with Crippen LogP contribution in [0.2, 0.25) is 0 Å². The summed E-state index contributed by atoms with van der Waals surface area (Å²) in [4.78, 5) is 13.2. The third-order valence-electron chi connectivity index (χ3n) is 15.1. The Kier molecular flexibility index (Phi) is 48.2. The first-order chi connectivity index (χ1) is 35.5. The van der Waals surface area contributed by atoms with Crippen LogP contribution in [0.3, 0.4) is 0 Å². The highest BCUT2D eigenvalue weighted by Gasteiger charge is 2.48. The van der Waals surface area contributed by atoms with Crippen LogP contribution < -0.4 is 5.32 Å². The molecule has 7 atom stereocenters. The third-order valence-corrected chi connectivity index (χ3v) is 15.5. The molecule has 7 unspecified atom stereocenters. The molecule has 1 rings (SSSR count). The minimum atomic E-state index is -5.09. The molecule has 6 N–H and O–H groups in total. The lowest BCUT2D eigenvalue weighted by atomic mass is 9.99. The molecule has 0 radical (unpaired) electrons. The first-order valence-corrected chi connectivity index (χ1v) is 32.4. The summed E-state index contributed by atoms with van der Waals surface area (Å²) >= 11 is 0. The second-order valence-electron chi connectivity index (χ2n) is 22.0. The van der Waals surface area contributed by atoms with Crippen molar-refractivity contribution in [2.75, 3.05) is 13.2 Å². The number of aliphatic hydroxyl groups is 4. The van der Waals surface area contributed by atoms with Crippen LogP contribution in [-0.2, 0) is 28.9 Å². The number of aliphatic hydroxyl groups excluding tert-OH is 4. The van der Waals surface area contributed by atoms with Gasteiger partial charge in [0.1, 0.15) is 24.4 Å². The van der Waals surface area contributed by atoms with Crippen LogP contribution in [0.25, 0.3) is 0 Å². The number of nitrogens with one attached hydrogen (secondary N) is 1. The van der Waals surface area contributed by atoms with Gasteiger partial charge in [-0.3, -0.25) is 9.35 Å². The minimum Gasteiger partial charge on any atom is -0.394 e. The quantitative estimate of drug-likeness (QED) is 0.0193. The van der Waals surface area contributed by atoms with E-state index in [0.717, 1.165) is 38.5 Å². The average Bonchev–Trinajstić information content (AvgIpc) is 3.37. The van der Waals surface area contributed by atoms with E-state index < -0.39 is 59.9 Å². The Hall–Kier alpha value is -1.16. The summed E-state index contributed by atoms with van der Waals surface area (Å²) in [5.41, 5.74) is 0. The van der Waals surface area contributed by atoms with Gasteiger partial charge in [-0.2, -0.15) is 8.42 Å². The number of ether oxygens (including phenoxy) is 2. The Morgan fingerprint density at radius 1 is 0.534 bits per heavy atom. The molecule has 0 aromatic heterocycles. The van der Waals surface area contributed by atoms with Gasteiger partial charge in [0.05, 0.1) is 25.4 Å². The summed E-state index contributed by atoms with van der Waals surface area (Å²) in [5, 5.41) is 45.0. The van der Waals surface area contributed by atoms with E-state index in [1.54, 1.807) is 6.08 Å². The number of amides is 1. The maximum atomic E-state index is 13.2. The van der Waals surface area contributed by atoms with E-state index in [2.05, 4.69) is 23.3 Å². The fourth-order valence-electron chi connectivity index (χ4n) is 10.3. The molecule has 0 aromatic rings. The smallest absolute Gasteiger partial charge is 0.394 e. The van der Waals surface area contributed by atoms with E-state index in [1.807, 2.05) is 6.08 Å². The van der Waals surface area contributed by atoms with Gasteiger partial charge in [0.2, 0.25) is 5.91 Å². The van der Waals surface area contributed by atoms with Crippen molar-refractivity contribution in [3.8, 4) is 0 Å². The maximum absolute atomic E-state index is 13.2. The number of carbonyl (C=O) groups excluding carboxylic acids is 1. The molecule has 73 heavy (non-hydrogen) atoms. The third kappa shape index (κ3) is 42.5. The Morgan fingerprint density at radius 3 is 1.19 bits per heavy atom. The standard InChI is InChI=1S/C60H117NO11S/c1-3-5-7-9-11-13-15-17-19-21-23-25-26-27-28-30-32-34-36-38-40-42-44-46-48-50-56(64)61-53(52-70-60-58(66)59(72-73(67,68)69)57(65)55(51-62)71-60)54(63)49-47-45-43-41-39-37-35-33-31-29-24-22-20-18-16-14-12-10-8-6-4-2/h47,49,53-55,57-60,62-63,65-66H,3-46,48,50-52H2,1-2H3,(H,61,64)(H,67,68,69)/b49-47+. The van der Waals surface area contributed by atoms with Crippen LogP contribution in [0.5, 0.6) is 0 Å². The van der Waals surface area contributed by atoms with Gasteiger partial charge in [0.15, 0.2) is 6.29 Å². The predicted molar refractivity (Wildman–Crippen MR) is 301 cm³/mol.